The molecule has 0 heterocycles. The molecule has 0 atom stereocenters. The van der Waals surface area contributed by atoms with Crippen LogP contribution in [-0.4, -0.2) is 27.0 Å². The number of hydrogen-bond acceptors (Lipinski definition) is 3. The van der Waals surface area contributed by atoms with Crippen LogP contribution in [-0.2, 0) is 9.05 Å². The van der Waals surface area contributed by atoms with E-state index in [9.17, 15) is 26.4 Å². The van der Waals surface area contributed by atoms with Gasteiger partial charge in [0.25, 0.3) is 15.0 Å². The Kier molecular flexibility index (Phi) is 6.03. The van der Waals surface area contributed by atoms with Gasteiger partial charge in [-0.1, -0.05) is 6.07 Å². The lowest BCUT2D eigenvalue weighted by atomic mass is 10.2. The zero-order chi connectivity index (χ0) is 16.1. The molecule has 1 amide bonds. The van der Waals surface area contributed by atoms with E-state index < -0.39 is 27.6 Å². The summed E-state index contributed by atoms with van der Waals surface area (Å²) in [6, 6.07) is 5.08. The first-order valence-corrected chi connectivity index (χ1v) is 8.30. The number of carbonyl (C=O) groups excluding carboxylic acids is 1. The van der Waals surface area contributed by atoms with Crippen molar-refractivity contribution in [2.45, 2.75) is 30.3 Å². The van der Waals surface area contributed by atoms with Crippen molar-refractivity contribution < 1.29 is 26.4 Å². The SMILES string of the molecule is O=C(NCCCCC(F)(F)F)c1cccc(S(=O)(=O)Cl)c1. The highest BCUT2D eigenvalue weighted by Gasteiger charge is 2.25. The summed E-state index contributed by atoms with van der Waals surface area (Å²) in [7, 11) is 1.22. The molecular weight excluding hydrogens is 331 g/mol. The van der Waals surface area contributed by atoms with Crippen LogP contribution < -0.4 is 5.32 Å². The Hall–Kier alpha value is -1.28. The maximum atomic E-state index is 11.9. The predicted octanol–water partition coefficient (Wildman–Crippen LogP) is 3.08. The number of carbonyl (C=O) groups is 1. The predicted molar refractivity (Wildman–Crippen MR) is 71.7 cm³/mol. The van der Waals surface area contributed by atoms with Gasteiger partial charge >= 0.3 is 6.18 Å². The van der Waals surface area contributed by atoms with Gasteiger partial charge in [0.2, 0.25) is 0 Å². The van der Waals surface area contributed by atoms with E-state index in [0.29, 0.717) is 0 Å². The number of nitrogens with one attached hydrogen (secondary N) is 1. The smallest absolute Gasteiger partial charge is 0.352 e. The van der Waals surface area contributed by atoms with Crippen molar-refractivity contribution in [2.24, 2.45) is 0 Å². The second kappa shape index (κ2) is 7.13. The van der Waals surface area contributed by atoms with Crippen LogP contribution in [0.15, 0.2) is 29.2 Å². The van der Waals surface area contributed by atoms with Gasteiger partial charge in [0.05, 0.1) is 4.90 Å². The van der Waals surface area contributed by atoms with Crippen molar-refractivity contribution in [3.63, 3.8) is 0 Å². The van der Waals surface area contributed by atoms with Gasteiger partial charge in [0.15, 0.2) is 0 Å². The van der Waals surface area contributed by atoms with E-state index in [2.05, 4.69) is 5.32 Å². The minimum Gasteiger partial charge on any atom is -0.352 e. The van der Waals surface area contributed by atoms with E-state index >= 15 is 0 Å². The second-order valence-corrected chi connectivity index (χ2v) is 6.86. The molecule has 1 N–H and O–H groups in total. The average molecular weight is 344 g/mol. The zero-order valence-electron chi connectivity index (χ0n) is 10.8. The highest BCUT2D eigenvalue weighted by atomic mass is 35.7. The topological polar surface area (TPSA) is 63.2 Å². The summed E-state index contributed by atoms with van der Waals surface area (Å²) in [5, 5.41) is 2.42. The molecule has 0 aliphatic carbocycles. The summed E-state index contributed by atoms with van der Waals surface area (Å²) in [4.78, 5) is 11.5. The lowest BCUT2D eigenvalue weighted by Crippen LogP contribution is -2.24. The third kappa shape index (κ3) is 6.81. The minimum absolute atomic E-state index is 0.0762. The summed E-state index contributed by atoms with van der Waals surface area (Å²) in [5.74, 6) is -0.566. The van der Waals surface area contributed by atoms with Crippen LogP contribution in [0.5, 0.6) is 0 Å². The largest absolute Gasteiger partial charge is 0.389 e. The number of halogens is 4. The number of unbranched alkanes of at least 4 members (excludes halogenated alkanes) is 1. The molecule has 0 saturated carbocycles. The molecule has 0 saturated heterocycles. The first-order chi connectivity index (χ1) is 9.59. The Bertz CT molecular complexity index is 602. The van der Waals surface area contributed by atoms with Crippen LogP contribution in [0.25, 0.3) is 0 Å². The number of rotatable bonds is 6. The molecule has 118 valence electrons. The highest BCUT2D eigenvalue weighted by Crippen LogP contribution is 2.22. The molecule has 0 aliphatic rings. The molecule has 0 radical (unpaired) electrons. The van der Waals surface area contributed by atoms with Gasteiger partial charge in [-0.15, -0.1) is 0 Å². The maximum absolute atomic E-state index is 11.9. The van der Waals surface area contributed by atoms with Crippen LogP contribution in [0.4, 0.5) is 13.2 Å². The summed E-state index contributed by atoms with van der Waals surface area (Å²) in [6.45, 7) is 0.0762. The quantitative estimate of drug-likeness (QED) is 0.637. The number of hydrogen-bond donors (Lipinski definition) is 1. The van der Waals surface area contributed by atoms with E-state index in [1.54, 1.807) is 0 Å². The van der Waals surface area contributed by atoms with Crippen LogP contribution in [0, 0.1) is 0 Å². The van der Waals surface area contributed by atoms with Crippen molar-refractivity contribution in [1.82, 2.24) is 5.32 Å². The van der Waals surface area contributed by atoms with Crippen LogP contribution in [0.2, 0.25) is 0 Å². The molecule has 1 rings (SSSR count). The molecule has 0 bridgehead atoms. The second-order valence-electron chi connectivity index (χ2n) is 4.29. The Morgan fingerprint density at radius 2 is 1.90 bits per heavy atom. The van der Waals surface area contributed by atoms with Gasteiger partial charge in [-0.2, -0.15) is 13.2 Å². The normalized spacial score (nSPS) is 12.2. The fourth-order valence-electron chi connectivity index (χ4n) is 1.54. The van der Waals surface area contributed by atoms with E-state index in [-0.39, 0.29) is 29.8 Å². The van der Waals surface area contributed by atoms with E-state index in [1.165, 1.54) is 18.2 Å². The Labute approximate surface area is 124 Å². The van der Waals surface area contributed by atoms with Crippen molar-refractivity contribution in [2.75, 3.05) is 6.54 Å². The molecule has 0 unspecified atom stereocenters. The number of benzene rings is 1. The maximum Gasteiger partial charge on any atom is 0.389 e. The van der Waals surface area contributed by atoms with Gasteiger partial charge in [0.1, 0.15) is 0 Å². The summed E-state index contributed by atoms with van der Waals surface area (Å²) in [5.41, 5.74) is 0.0764. The van der Waals surface area contributed by atoms with Gasteiger partial charge < -0.3 is 5.32 Å². The molecule has 1 aromatic rings. The fourth-order valence-corrected chi connectivity index (χ4v) is 2.34. The van der Waals surface area contributed by atoms with E-state index in [1.807, 2.05) is 0 Å². The Morgan fingerprint density at radius 3 is 2.48 bits per heavy atom. The average Bonchev–Trinajstić information content (AvgIpc) is 2.36. The Balaban J connectivity index is 2.50. The zero-order valence-corrected chi connectivity index (χ0v) is 12.4. The first kappa shape index (κ1) is 17.8. The first-order valence-electron chi connectivity index (χ1n) is 5.99. The Morgan fingerprint density at radius 1 is 1.24 bits per heavy atom. The summed E-state index contributed by atoms with van der Waals surface area (Å²) >= 11 is 0. The molecule has 0 aliphatic heterocycles. The molecule has 0 aromatic heterocycles. The minimum atomic E-state index is -4.20. The van der Waals surface area contributed by atoms with E-state index in [0.717, 1.165) is 6.07 Å². The number of alkyl halides is 3. The van der Waals surface area contributed by atoms with Gasteiger partial charge in [-0.25, -0.2) is 8.42 Å². The van der Waals surface area contributed by atoms with Crippen LogP contribution >= 0.6 is 10.7 Å². The van der Waals surface area contributed by atoms with Crippen LogP contribution in [0.3, 0.4) is 0 Å². The van der Waals surface area contributed by atoms with E-state index in [4.69, 9.17) is 10.7 Å². The number of amides is 1. The molecule has 4 nitrogen and oxygen atoms in total. The van der Waals surface area contributed by atoms with Crippen molar-refractivity contribution in [1.29, 1.82) is 0 Å². The molecule has 0 spiro atoms. The lowest BCUT2D eigenvalue weighted by molar-refractivity contribution is -0.135. The third-order valence-electron chi connectivity index (χ3n) is 2.55. The summed E-state index contributed by atoms with van der Waals surface area (Å²) in [6.07, 6.45) is -5.01. The lowest BCUT2D eigenvalue weighted by Gasteiger charge is -2.07. The summed E-state index contributed by atoms with van der Waals surface area (Å²) < 4.78 is 58.0. The monoisotopic (exact) mass is 343 g/mol. The molecule has 21 heavy (non-hydrogen) atoms. The van der Waals surface area contributed by atoms with Gasteiger partial charge in [-0.05, 0) is 31.0 Å². The third-order valence-corrected chi connectivity index (χ3v) is 3.90. The van der Waals surface area contributed by atoms with Gasteiger partial charge in [0, 0.05) is 29.2 Å². The molecular formula is C12H13ClF3NO3S. The molecule has 1 aromatic carbocycles. The van der Waals surface area contributed by atoms with Crippen molar-refractivity contribution in [3.8, 4) is 0 Å². The molecule has 9 heteroatoms. The molecule has 0 fully saturated rings. The standard InChI is InChI=1S/C12H13ClF3NO3S/c13-21(19,20)10-5-3-4-9(8-10)11(18)17-7-2-1-6-12(14,15)16/h3-5,8H,1-2,6-7H2,(H,17,18). The van der Waals surface area contributed by atoms with Gasteiger partial charge in [-0.3, -0.25) is 4.79 Å². The fraction of sp³-hybridized carbons (Fsp3) is 0.417. The highest BCUT2D eigenvalue weighted by molar-refractivity contribution is 8.13. The van der Waals surface area contributed by atoms with Crippen LogP contribution in [0.1, 0.15) is 29.6 Å². The van der Waals surface area contributed by atoms with Crippen molar-refractivity contribution in [3.05, 3.63) is 29.8 Å². The van der Waals surface area contributed by atoms with Crippen molar-refractivity contribution >= 4 is 25.6 Å².